The lowest BCUT2D eigenvalue weighted by Crippen LogP contribution is -2.45. The number of carbonyl (C=O) groups excluding carboxylic acids is 2. The van der Waals surface area contributed by atoms with Gasteiger partial charge in [0.05, 0.1) is 12.3 Å². The van der Waals surface area contributed by atoms with E-state index in [1.54, 1.807) is 30.0 Å². The van der Waals surface area contributed by atoms with Crippen molar-refractivity contribution in [3.63, 3.8) is 0 Å². The van der Waals surface area contributed by atoms with Gasteiger partial charge < -0.3 is 19.7 Å². The second-order valence-electron chi connectivity index (χ2n) is 6.40. The Morgan fingerprint density at radius 1 is 1.21 bits per heavy atom. The Bertz CT molecular complexity index is 887. The molecule has 0 radical (unpaired) electrons. The molecule has 154 valence electrons. The van der Waals surface area contributed by atoms with Crippen LogP contribution in [0.5, 0.6) is 11.5 Å². The molecule has 1 atom stereocenters. The summed E-state index contributed by atoms with van der Waals surface area (Å²) in [4.78, 5) is 26.2. The lowest BCUT2D eigenvalue weighted by molar-refractivity contribution is -0.125. The summed E-state index contributed by atoms with van der Waals surface area (Å²) >= 11 is 16.8. The van der Waals surface area contributed by atoms with Gasteiger partial charge in [-0.3, -0.25) is 9.59 Å². The van der Waals surface area contributed by atoms with Crippen LogP contribution in [-0.2, 0) is 9.59 Å². The van der Waals surface area contributed by atoms with E-state index in [9.17, 15) is 9.59 Å². The number of alkyl halides is 3. The van der Waals surface area contributed by atoms with E-state index in [1.807, 2.05) is 30.3 Å². The number of nitrogens with zero attached hydrogens (tertiary/aromatic N) is 1. The molecule has 6 nitrogen and oxygen atoms in total. The summed E-state index contributed by atoms with van der Waals surface area (Å²) in [5.74, 6) is 0.336. The van der Waals surface area contributed by atoms with Gasteiger partial charge in [-0.15, -0.1) is 0 Å². The highest BCUT2D eigenvalue weighted by Gasteiger charge is 2.33. The van der Waals surface area contributed by atoms with Crippen LogP contribution in [-0.4, -0.2) is 34.9 Å². The van der Waals surface area contributed by atoms with Crippen LogP contribution in [0.3, 0.4) is 0 Å². The van der Waals surface area contributed by atoms with Gasteiger partial charge in [-0.25, -0.2) is 0 Å². The van der Waals surface area contributed by atoms with Gasteiger partial charge in [0.25, 0.3) is 15.6 Å². The highest BCUT2D eigenvalue weighted by Crippen LogP contribution is 2.37. The molecule has 0 aliphatic carbocycles. The molecule has 1 N–H and O–H groups in total. The predicted octanol–water partition coefficient (Wildman–Crippen LogP) is 4.58. The smallest absolute Gasteiger partial charge is 0.276 e. The summed E-state index contributed by atoms with van der Waals surface area (Å²) < 4.78 is 9.26. The molecule has 2 aromatic carbocycles. The van der Waals surface area contributed by atoms with Crippen molar-refractivity contribution in [2.45, 2.75) is 23.2 Å². The second-order valence-corrected chi connectivity index (χ2v) is 8.68. The van der Waals surface area contributed by atoms with E-state index in [4.69, 9.17) is 44.3 Å². The Morgan fingerprint density at radius 3 is 2.62 bits per heavy atom. The molecule has 0 aromatic heterocycles. The number of rotatable bonds is 6. The van der Waals surface area contributed by atoms with Crippen LogP contribution in [0.25, 0.3) is 0 Å². The molecule has 1 aliphatic rings. The first-order chi connectivity index (χ1) is 13.8. The molecule has 1 aliphatic heterocycles. The zero-order valence-electron chi connectivity index (χ0n) is 15.5. The molecule has 0 bridgehead atoms. The molecule has 3 rings (SSSR count). The maximum atomic E-state index is 12.7. The zero-order valence-corrected chi connectivity index (χ0v) is 17.8. The second kappa shape index (κ2) is 9.11. The van der Waals surface area contributed by atoms with Crippen LogP contribution in [0.2, 0.25) is 0 Å². The van der Waals surface area contributed by atoms with Crippen molar-refractivity contribution in [1.82, 2.24) is 0 Å². The van der Waals surface area contributed by atoms with Crippen molar-refractivity contribution in [2.24, 2.45) is 0 Å². The predicted molar refractivity (Wildman–Crippen MR) is 114 cm³/mol. The third-order valence-corrected chi connectivity index (χ3v) is 4.74. The average molecular weight is 458 g/mol. The van der Waals surface area contributed by atoms with Crippen molar-refractivity contribution in [1.29, 1.82) is 0 Å². The highest BCUT2D eigenvalue weighted by molar-refractivity contribution is 6.76. The summed E-state index contributed by atoms with van der Waals surface area (Å²) in [6.45, 7) is 2.56. The maximum absolute atomic E-state index is 12.7. The van der Waals surface area contributed by atoms with Gasteiger partial charge in [0.2, 0.25) is 0 Å². The third-order valence-electron chi connectivity index (χ3n) is 4.22. The number of para-hydroxylation sites is 1. The van der Waals surface area contributed by atoms with E-state index in [0.29, 0.717) is 36.7 Å². The Kier molecular flexibility index (Phi) is 6.77. The lowest BCUT2D eigenvalue weighted by atomic mass is 10.1. The summed E-state index contributed by atoms with van der Waals surface area (Å²) in [7, 11) is 0. The normalized spacial score (nSPS) is 16.1. The lowest BCUT2D eigenvalue weighted by Gasteiger charge is -2.33. The number of hydrogen-bond donors (Lipinski definition) is 1. The molecule has 0 fully saturated rings. The minimum atomic E-state index is -2.09. The van der Waals surface area contributed by atoms with E-state index in [2.05, 4.69) is 5.32 Å². The molecule has 0 saturated heterocycles. The Morgan fingerprint density at radius 2 is 1.93 bits per heavy atom. The van der Waals surface area contributed by atoms with Crippen molar-refractivity contribution in [3.8, 4) is 11.5 Å². The summed E-state index contributed by atoms with van der Waals surface area (Å²) in [5, 5.41) is 2.51. The number of carbonyl (C=O) groups is 2. The van der Waals surface area contributed by atoms with Gasteiger partial charge in [-0.05, 0) is 43.7 Å². The van der Waals surface area contributed by atoms with Crippen molar-refractivity contribution < 1.29 is 19.1 Å². The first-order valence-corrected chi connectivity index (χ1v) is 10.1. The van der Waals surface area contributed by atoms with Gasteiger partial charge >= 0.3 is 0 Å². The van der Waals surface area contributed by atoms with Crippen LogP contribution < -0.4 is 19.7 Å². The monoisotopic (exact) mass is 456 g/mol. The SMILES string of the molecule is CC1Oc2ccc(NC(=O)C(Cl)(Cl)Cl)cc2N(CCCOc2ccccc2)C1=O. The Labute approximate surface area is 183 Å². The molecule has 1 unspecified atom stereocenters. The summed E-state index contributed by atoms with van der Waals surface area (Å²) in [6, 6.07) is 14.3. The fraction of sp³-hybridized carbons (Fsp3) is 0.300. The van der Waals surface area contributed by atoms with Gasteiger partial charge in [-0.2, -0.15) is 0 Å². The van der Waals surface area contributed by atoms with E-state index in [0.717, 1.165) is 5.75 Å². The topological polar surface area (TPSA) is 67.9 Å². The number of ether oxygens (including phenoxy) is 2. The van der Waals surface area contributed by atoms with Crippen LogP contribution in [0.1, 0.15) is 13.3 Å². The van der Waals surface area contributed by atoms with E-state index < -0.39 is 15.8 Å². The molecule has 1 heterocycles. The van der Waals surface area contributed by atoms with Crippen molar-refractivity contribution >= 4 is 58.0 Å². The standard InChI is InChI=1S/C20H19Cl3N2O4/c1-13-18(26)25(10-5-11-28-15-6-3-2-4-7-15)16-12-14(8-9-17(16)29-13)24-19(27)20(21,22)23/h2-4,6-9,12-13H,5,10-11H2,1H3,(H,24,27). The van der Waals surface area contributed by atoms with E-state index in [1.165, 1.54) is 0 Å². The van der Waals surface area contributed by atoms with Crippen LogP contribution in [0.15, 0.2) is 48.5 Å². The molecule has 0 spiro atoms. The van der Waals surface area contributed by atoms with Gasteiger partial charge in [0.15, 0.2) is 6.10 Å². The van der Waals surface area contributed by atoms with Gasteiger partial charge in [0.1, 0.15) is 11.5 Å². The minimum Gasteiger partial charge on any atom is -0.494 e. The number of anilines is 2. The number of halogens is 3. The van der Waals surface area contributed by atoms with Crippen LogP contribution >= 0.6 is 34.8 Å². The number of hydrogen-bond acceptors (Lipinski definition) is 4. The zero-order chi connectivity index (χ0) is 21.0. The average Bonchev–Trinajstić information content (AvgIpc) is 2.68. The summed E-state index contributed by atoms with van der Waals surface area (Å²) in [5.41, 5.74) is 0.923. The number of nitrogens with one attached hydrogen (secondary N) is 1. The first-order valence-electron chi connectivity index (χ1n) is 8.94. The van der Waals surface area contributed by atoms with Crippen LogP contribution in [0.4, 0.5) is 11.4 Å². The molecule has 2 aromatic rings. The largest absolute Gasteiger partial charge is 0.494 e. The van der Waals surface area contributed by atoms with Gasteiger partial charge in [-0.1, -0.05) is 53.0 Å². The fourth-order valence-electron chi connectivity index (χ4n) is 2.85. The molecular formula is C20H19Cl3N2O4. The number of amides is 2. The van der Waals surface area contributed by atoms with Crippen molar-refractivity contribution in [3.05, 3.63) is 48.5 Å². The van der Waals surface area contributed by atoms with E-state index in [-0.39, 0.29) is 5.91 Å². The Balaban J connectivity index is 1.71. The number of fused-ring (bicyclic) bond motifs is 1. The third kappa shape index (κ3) is 5.47. The van der Waals surface area contributed by atoms with E-state index >= 15 is 0 Å². The Hall–Kier alpha value is -2.15. The van der Waals surface area contributed by atoms with Gasteiger partial charge in [0, 0.05) is 12.2 Å². The number of benzene rings is 2. The maximum Gasteiger partial charge on any atom is 0.276 e. The van der Waals surface area contributed by atoms with Crippen molar-refractivity contribution in [2.75, 3.05) is 23.4 Å². The quantitative estimate of drug-likeness (QED) is 0.509. The fourth-order valence-corrected chi connectivity index (χ4v) is 2.99. The minimum absolute atomic E-state index is 0.179. The highest BCUT2D eigenvalue weighted by atomic mass is 35.6. The summed E-state index contributed by atoms with van der Waals surface area (Å²) in [6.07, 6.45) is -0.00323. The molecular weight excluding hydrogens is 439 g/mol. The first kappa shape index (κ1) is 21.6. The molecule has 0 saturated carbocycles. The molecule has 29 heavy (non-hydrogen) atoms. The molecule has 9 heteroatoms. The van der Waals surface area contributed by atoms with Crippen LogP contribution in [0, 0.1) is 0 Å². The molecule has 2 amide bonds.